The van der Waals surface area contributed by atoms with Crippen molar-refractivity contribution in [2.75, 3.05) is 25.5 Å². The molecule has 126 valence electrons. The van der Waals surface area contributed by atoms with Crippen molar-refractivity contribution in [3.63, 3.8) is 0 Å². The van der Waals surface area contributed by atoms with Crippen molar-refractivity contribution in [3.05, 3.63) is 57.7 Å². The lowest BCUT2D eigenvalue weighted by atomic mass is 10.2. The van der Waals surface area contributed by atoms with E-state index < -0.39 is 0 Å². The summed E-state index contributed by atoms with van der Waals surface area (Å²) in [4.78, 5) is 26.2. The molecule has 0 aliphatic carbocycles. The maximum atomic E-state index is 12.5. The van der Waals surface area contributed by atoms with Gasteiger partial charge in [-0.3, -0.25) is 9.59 Å². The van der Waals surface area contributed by atoms with E-state index in [0.29, 0.717) is 17.8 Å². The topological polar surface area (TPSA) is 58.6 Å². The zero-order chi connectivity index (χ0) is 17.5. The number of nitrogens with one attached hydrogen (secondary N) is 1. The summed E-state index contributed by atoms with van der Waals surface area (Å²) in [7, 11) is 1.59. The number of nitrogens with zero attached hydrogens (tertiary/aromatic N) is 1. The fourth-order valence-corrected chi connectivity index (χ4v) is 2.51. The first-order chi connectivity index (χ1) is 11.5. The molecule has 2 rings (SSSR count). The number of ether oxygens (including phenoxy) is 1. The lowest BCUT2D eigenvalue weighted by Gasteiger charge is -2.20. The SMILES string of the molecule is CCN(CC(=O)Nc1ccc(OC)cc1)C(=O)c1ccc(I)cc1. The molecule has 2 amide bonds. The summed E-state index contributed by atoms with van der Waals surface area (Å²) in [5.41, 5.74) is 1.24. The zero-order valence-electron chi connectivity index (χ0n) is 13.6. The maximum absolute atomic E-state index is 12.5. The summed E-state index contributed by atoms with van der Waals surface area (Å²) in [6.07, 6.45) is 0. The minimum Gasteiger partial charge on any atom is -0.497 e. The van der Waals surface area contributed by atoms with Crippen LogP contribution in [0, 0.1) is 3.57 Å². The van der Waals surface area contributed by atoms with Gasteiger partial charge in [0.1, 0.15) is 12.3 Å². The Kier molecular flexibility index (Phi) is 6.60. The van der Waals surface area contributed by atoms with Crippen molar-refractivity contribution >= 4 is 40.1 Å². The highest BCUT2D eigenvalue weighted by Gasteiger charge is 2.17. The Morgan fingerprint density at radius 2 is 1.71 bits per heavy atom. The largest absolute Gasteiger partial charge is 0.497 e. The number of hydrogen-bond donors (Lipinski definition) is 1. The van der Waals surface area contributed by atoms with Crippen LogP contribution in [0.3, 0.4) is 0 Å². The molecule has 0 aliphatic heterocycles. The molecule has 0 heterocycles. The van der Waals surface area contributed by atoms with Crippen molar-refractivity contribution in [2.24, 2.45) is 0 Å². The van der Waals surface area contributed by atoms with Gasteiger partial charge in [-0.15, -0.1) is 0 Å². The minimum absolute atomic E-state index is 0.00729. The molecule has 0 saturated heterocycles. The van der Waals surface area contributed by atoms with Crippen molar-refractivity contribution in [1.29, 1.82) is 0 Å². The number of methoxy groups -OCH3 is 1. The quantitative estimate of drug-likeness (QED) is 0.704. The first-order valence-electron chi connectivity index (χ1n) is 7.52. The zero-order valence-corrected chi connectivity index (χ0v) is 15.7. The molecule has 2 aromatic rings. The summed E-state index contributed by atoms with van der Waals surface area (Å²) in [5.74, 6) is 0.330. The molecule has 6 heteroatoms. The predicted molar refractivity (Wildman–Crippen MR) is 102 cm³/mol. The monoisotopic (exact) mass is 438 g/mol. The molecule has 0 fully saturated rings. The fraction of sp³-hybridized carbons (Fsp3) is 0.222. The van der Waals surface area contributed by atoms with Crippen LogP contribution in [0.25, 0.3) is 0 Å². The van der Waals surface area contributed by atoms with Gasteiger partial charge in [-0.05, 0) is 78.0 Å². The van der Waals surface area contributed by atoms with E-state index in [4.69, 9.17) is 4.74 Å². The van der Waals surface area contributed by atoms with E-state index in [2.05, 4.69) is 27.9 Å². The van der Waals surface area contributed by atoms with Crippen LogP contribution >= 0.6 is 22.6 Å². The normalized spacial score (nSPS) is 10.1. The van der Waals surface area contributed by atoms with Crippen LogP contribution < -0.4 is 10.1 Å². The second kappa shape index (κ2) is 8.68. The summed E-state index contributed by atoms with van der Waals surface area (Å²) in [5, 5.41) is 2.78. The van der Waals surface area contributed by atoms with Gasteiger partial charge in [-0.25, -0.2) is 0 Å². The molecule has 24 heavy (non-hydrogen) atoms. The molecular formula is C18H19IN2O3. The molecule has 0 aromatic heterocycles. The molecule has 0 spiro atoms. The summed E-state index contributed by atoms with van der Waals surface area (Å²) in [6, 6.07) is 14.3. The van der Waals surface area contributed by atoms with E-state index in [9.17, 15) is 9.59 Å². The Hall–Kier alpha value is -2.09. The maximum Gasteiger partial charge on any atom is 0.254 e. The van der Waals surface area contributed by atoms with Crippen molar-refractivity contribution < 1.29 is 14.3 Å². The van der Waals surface area contributed by atoms with E-state index in [-0.39, 0.29) is 18.4 Å². The molecular weight excluding hydrogens is 419 g/mol. The van der Waals surface area contributed by atoms with Crippen molar-refractivity contribution in [3.8, 4) is 5.75 Å². The van der Waals surface area contributed by atoms with Gasteiger partial charge in [-0.2, -0.15) is 0 Å². The van der Waals surface area contributed by atoms with Gasteiger partial charge in [0.25, 0.3) is 5.91 Å². The van der Waals surface area contributed by atoms with Crippen LogP contribution in [0.15, 0.2) is 48.5 Å². The Balaban J connectivity index is 1.99. The number of carbonyl (C=O) groups excluding carboxylic acids is 2. The Morgan fingerprint density at radius 3 is 2.25 bits per heavy atom. The average Bonchev–Trinajstić information content (AvgIpc) is 2.60. The Morgan fingerprint density at radius 1 is 1.08 bits per heavy atom. The van der Waals surface area contributed by atoms with Crippen molar-refractivity contribution in [2.45, 2.75) is 6.92 Å². The molecule has 0 radical (unpaired) electrons. The van der Waals surface area contributed by atoms with Gasteiger partial charge in [0.15, 0.2) is 0 Å². The highest BCUT2D eigenvalue weighted by Crippen LogP contribution is 2.15. The van der Waals surface area contributed by atoms with Crippen LogP contribution in [-0.4, -0.2) is 36.9 Å². The third-order valence-electron chi connectivity index (χ3n) is 3.47. The highest BCUT2D eigenvalue weighted by atomic mass is 127. The van der Waals surface area contributed by atoms with Crippen LogP contribution in [0.5, 0.6) is 5.75 Å². The Bertz CT molecular complexity index is 699. The van der Waals surface area contributed by atoms with Gasteiger partial charge in [0, 0.05) is 21.4 Å². The van der Waals surface area contributed by atoms with Crippen LogP contribution in [0.1, 0.15) is 17.3 Å². The number of benzene rings is 2. The minimum atomic E-state index is -0.235. The van der Waals surface area contributed by atoms with Gasteiger partial charge in [0.2, 0.25) is 5.91 Å². The third-order valence-corrected chi connectivity index (χ3v) is 4.19. The second-order valence-corrected chi connectivity index (χ2v) is 6.35. The number of carbonyl (C=O) groups is 2. The molecule has 0 aliphatic rings. The average molecular weight is 438 g/mol. The van der Waals surface area contributed by atoms with E-state index in [0.717, 1.165) is 9.32 Å². The van der Waals surface area contributed by atoms with Gasteiger partial charge in [0.05, 0.1) is 7.11 Å². The standard InChI is InChI=1S/C18H19IN2O3/c1-3-21(18(23)13-4-6-14(19)7-5-13)12-17(22)20-15-8-10-16(24-2)11-9-15/h4-11H,3,12H2,1-2H3,(H,20,22). The van der Waals surface area contributed by atoms with Gasteiger partial charge >= 0.3 is 0 Å². The van der Waals surface area contributed by atoms with E-state index in [1.165, 1.54) is 4.90 Å². The number of amides is 2. The van der Waals surface area contributed by atoms with Crippen LogP contribution in [-0.2, 0) is 4.79 Å². The number of anilines is 1. The predicted octanol–water partition coefficient (Wildman–Crippen LogP) is 3.40. The van der Waals surface area contributed by atoms with E-state index >= 15 is 0 Å². The summed E-state index contributed by atoms with van der Waals surface area (Å²) in [6.45, 7) is 2.32. The number of rotatable bonds is 6. The smallest absolute Gasteiger partial charge is 0.254 e. The summed E-state index contributed by atoms with van der Waals surface area (Å²) < 4.78 is 6.14. The van der Waals surface area contributed by atoms with E-state index in [1.807, 2.05) is 19.1 Å². The lowest BCUT2D eigenvalue weighted by Crippen LogP contribution is -2.37. The second-order valence-electron chi connectivity index (χ2n) is 5.10. The molecule has 0 unspecified atom stereocenters. The third kappa shape index (κ3) is 4.95. The number of halogens is 1. The fourth-order valence-electron chi connectivity index (χ4n) is 2.15. The van der Waals surface area contributed by atoms with Gasteiger partial charge < -0.3 is 15.0 Å². The highest BCUT2D eigenvalue weighted by molar-refractivity contribution is 14.1. The van der Waals surface area contributed by atoms with E-state index in [1.54, 1.807) is 43.5 Å². The van der Waals surface area contributed by atoms with Crippen LogP contribution in [0.4, 0.5) is 5.69 Å². The number of likely N-dealkylation sites (N-methyl/N-ethyl adjacent to an activating group) is 1. The molecule has 0 bridgehead atoms. The van der Waals surface area contributed by atoms with Gasteiger partial charge in [-0.1, -0.05) is 0 Å². The molecule has 5 nitrogen and oxygen atoms in total. The first-order valence-corrected chi connectivity index (χ1v) is 8.60. The first kappa shape index (κ1) is 18.3. The number of hydrogen-bond acceptors (Lipinski definition) is 3. The molecule has 0 atom stereocenters. The molecule has 0 saturated carbocycles. The van der Waals surface area contributed by atoms with Crippen LogP contribution in [0.2, 0.25) is 0 Å². The molecule has 2 aromatic carbocycles. The lowest BCUT2D eigenvalue weighted by molar-refractivity contribution is -0.116. The summed E-state index contributed by atoms with van der Waals surface area (Å²) >= 11 is 2.19. The van der Waals surface area contributed by atoms with Crippen molar-refractivity contribution in [1.82, 2.24) is 4.90 Å². The molecule has 1 N–H and O–H groups in total. The Labute approximate surface area is 155 Å².